The lowest BCUT2D eigenvalue weighted by atomic mass is 10.0. The summed E-state index contributed by atoms with van der Waals surface area (Å²) in [6.07, 6.45) is -0.339. The maximum Gasteiger partial charge on any atom is 0.323 e. The molecule has 1 heterocycles. The van der Waals surface area contributed by atoms with Crippen LogP contribution in [0.15, 0.2) is 97.1 Å². The first-order valence-corrected chi connectivity index (χ1v) is 12.7. The quantitative estimate of drug-likeness (QED) is 0.191. The van der Waals surface area contributed by atoms with E-state index in [-0.39, 0.29) is 0 Å². The van der Waals surface area contributed by atoms with Gasteiger partial charge in [-0.25, -0.2) is 14.2 Å². The SMILES string of the molecule is COc1cccc(NC(=O)Nc2ccc3nc(Oc4ccc(F)cc4C(C)O)cc(Cc4ccccc4)c3c2)c1. The van der Waals surface area contributed by atoms with Gasteiger partial charge in [0.1, 0.15) is 17.3 Å². The largest absolute Gasteiger partial charge is 0.497 e. The first-order valence-electron chi connectivity index (χ1n) is 12.7. The van der Waals surface area contributed by atoms with Crippen LogP contribution in [0.3, 0.4) is 0 Å². The van der Waals surface area contributed by atoms with Crippen LogP contribution in [-0.2, 0) is 6.42 Å². The van der Waals surface area contributed by atoms with Gasteiger partial charge in [-0.15, -0.1) is 0 Å². The van der Waals surface area contributed by atoms with Crippen LogP contribution in [0, 0.1) is 5.82 Å². The van der Waals surface area contributed by atoms with Crippen molar-refractivity contribution in [3.05, 3.63) is 120 Å². The Morgan fingerprint density at radius 1 is 0.925 bits per heavy atom. The summed E-state index contributed by atoms with van der Waals surface area (Å²) in [6, 6.07) is 27.9. The zero-order valence-electron chi connectivity index (χ0n) is 22.0. The lowest BCUT2D eigenvalue weighted by Crippen LogP contribution is -2.19. The van der Waals surface area contributed by atoms with Crippen LogP contribution < -0.4 is 20.1 Å². The number of carbonyl (C=O) groups is 1. The molecule has 1 aromatic heterocycles. The Hall–Kier alpha value is -4.95. The number of urea groups is 1. The van der Waals surface area contributed by atoms with E-state index in [9.17, 15) is 14.3 Å². The Balaban J connectivity index is 1.47. The number of nitrogens with zero attached hydrogens (tertiary/aromatic N) is 1. The molecule has 5 rings (SSSR count). The molecule has 0 radical (unpaired) electrons. The molecule has 3 N–H and O–H groups in total. The van der Waals surface area contributed by atoms with E-state index in [4.69, 9.17) is 9.47 Å². The number of benzene rings is 4. The van der Waals surface area contributed by atoms with Gasteiger partial charge in [-0.05, 0) is 73.0 Å². The number of aromatic nitrogens is 1. The van der Waals surface area contributed by atoms with Crippen LogP contribution in [0.4, 0.5) is 20.6 Å². The zero-order valence-corrected chi connectivity index (χ0v) is 22.0. The number of pyridine rings is 1. The molecule has 40 heavy (non-hydrogen) atoms. The summed E-state index contributed by atoms with van der Waals surface area (Å²) in [7, 11) is 1.57. The molecule has 0 aliphatic rings. The van der Waals surface area contributed by atoms with E-state index in [1.54, 1.807) is 50.4 Å². The number of carbonyl (C=O) groups excluding carboxylic acids is 1. The summed E-state index contributed by atoms with van der Waals surface area (Å²) in [5.74, 6) is 0.805. The molecule has 4 aromatic carbocycles. The molecule has 1 atom stereocenters. The molecule has 0 saturated carbocycles. The monoisotopic (exact) mass is 537 g/mol. The smallest absolute Gasteiger partial charge is 0.323 e. The highest BCUT2D eigenvalue weighted by Gasteiger charge is 2.15. The van der Waals surface area contributed by atoms with Gasteiger partial charge in [0, 0.05) is 34.5 Å². The molecule has 0 fully saturated rings. The van der Waals surface area contributed by atoms with E-state index in [1.165, 1.54) is 18.2 Å². The number of aliphatic hydroxyl groups excluding tert-OH is 1. The Labute approximate surface area is 231 Å². The van der Waals surface area contributed by atoms with Crippen molar-refractivity contribution in [1.29, 1.82) is 0 Å². The van der Waals surface area contributed by atoms with E-state index in [0.29, 0.717) is 46.3 Å². The van der Waals surface area contributed by atoms with Crippen LogP contribution in [0.2, 0.25) is 0 Å². The Morgan fingerprint density at radius 3 is 2.45 bits per heavy atom. The average Bonchev–Trinajstić information content (AvgIpc) is 2.95. The van der Waals surface area contributed by atoms with E-state index < -0.39 is 18.0 Å². The summed E-state index contributed by atoms with van der Waals surface area (Å²) < 4.78 is 25.1. The minimum absolute atomic E-state index is 0.309. The summed E-state index contributed by atoms with van der Waals surface area (Å²) >= 11 is 0. The fraction of sp³-hybridized carbons (Fsp3) is 0.125. The number of nitrogens with one attached hydrogen (secondary N) is 2. The molecule has 0 aliphatic carbocycles. The fourth-order valence-corrected chi connectivity index (χ4v) is 4.41. The van der Waals surface area contributed by atoms with Crippen molar-refractivity contribution < 1.29 is 23.8 Å². The number of anilines is 2. The zero-order chi connectivity index (χ0) is 28.1. The number of aliphatic hydroxyl groups is 1. The molecule has 8 heteroatoms. The first kappa shape index (κ1) is 26.6. The minimum Gasteiger partial charge on any atom is -0.497 e. The maximum absolute atomic E-state index is 13.8. The van der Waals surface area contributed by atoms with Crippen molar-refractivity contribution in [2.24, 2.45) is 0 Å². The molecule has 1 unspecified atom stereocenters. The highest BCUT2D eigenvalue weighted by Crippen LogP contribution is 2.33. The van der Waals surface area contributed by atoms with E-state index in [0.717, 1.165) is 16.5 Å². The van der Waals surface area contributed by atoms with Crippen molar-refractivity contribution in [3.63, 3.8) is 0 Å². The van der Waals surface area contributed by atoms with E-state index in [2.05, 4.69) is 15.6 Å². The topological polar surface area (TPSA) is 92.7 Å². The lowest BCUT2D eigenvalue weighted by molar-refractivity contribution is 0.195. The minimum atomic E-state index is -0.924. The predicted octanol–water partition coefficient (Wildman–Crippen LogP) is 7.46. The standard InChI is InChI=1S/C32H28FN3O4/c1-20(37)27-17-23(33)11-14-30(27)40-31-16-22(15-21-7-4-3-5-8-21)28-19-25(12-13-29(28)36-31)35-32(38)34-24-9-6-10-26(18-24)39-2/h3-14,16-20,37H,15H2,1-2H3,(H2,34,35,38). The molecule has 5 aromatic rings. The third kappa shape index (κ3) is 6.36. The van der Waals surface area contributed by atoms with Gasteiger partial charge in [-0.1, -0.05) is 36.4 Å². The molecular formula is C32H28FN3O4. The number of methoxy groups -OCH3 is 1. The molecule has 2 amide bonds. The molecule has 7 nitrogen and oxygen atoms in total. The van der Waals surface area contributed by atoms with Crippen LogP contribution >= 0.6 is 0 Å². The number of hydrogen-bond acceptors (Lipinski definition) is 5. The van der Waals surface area contributed by atoms with Crippen molar-refractivity contribution >= 4 is 28.3 Å². The Kier molecular flexibility index (Phi) is 7.89. The number of rotatable bonds is 8. The molecule has 202 valence electrons. The highest BCUT2D eigenvalue weighted by molar-refractivity contribution is 6.01. The van der Waals surface area contributed by atoms with E-state index in [1.807, 2.05) is 42.5 Å². The second kappa shape index (κ2) is 11.8. The fourth-order valence-electron chi connectivity index (χ4n) is 4.41. The van der Waals surface area contributed by atoms with Gasteiger partial charge < -0.3 is 25.2 Å². The van der Waals surface area contributed by atoms with Crippen molar-refractivity contribution in [2.45, 2.75) is 19.4 Å². The normalized spacial score (nSPS) is 11.6. The Bertz CT molecular complexity index is 1660. The van der Waals surface area contributed by atoms with Crippen LogP contribution in [0.1, 0.15) is 29.7 Å². The number of halogens is 1. The number of fused-ring (bicyclic) bond motifs is 1. The van der Waals surface area contributed by atoms with Gasteiger partial charge in [-0.3, -0.25) is 0 Å². The van der Waals surface area contributed by atoms with Crippen LogP contribution in [0.5, 0.6) is 17.4 Å². The first-order chi connectivity index (χ1) is 19.4. The highest BCUT2D eigenvalue weighted by atomic mass is 19.1. The molecule has 0 bridgehead atoms. The van der Waals surface area contributed by atoms with Gasteiger partial charge in [0.25, 0.3) is 0 Å². The van der Waals surface area contributed by atoms with Crippen molar-refractivity contribution in [2.75, 3.05) is 17.7 Å². The average molecular weight is 538 g/mol. The van der Waals surface area contributed by atoms with Crippen molar-refractivity contribution in [3.8, 4) is 17.4 Å². The van der Waals surface area contributed by atoms with Gasteiger partial charge in [0.05, 0.1) is 18.7 Å². The van der Waals surface area contributed by atoms with Gasteiger partial charge in [0.15, 0.2) is 0 Å². The molecular weight excluding hydrogens is 509 g/mol. The maximum atomic E-state index is 13.8. The summed E-state index contributed by atoms with van der Waals surface area (Å²) in [5.41, 5.74) is 4.18. The Morgan fingerprint density at radius 2 is 1.70 bits per heavy atom. The second-order valence-electron chi connectivity index (χ2n) is 9.29. The van der Waals surface area contributed by atoms with Crippen LogP contribution in [-0.4, -0.2) is 23.2 Å². The number of hydrogen-bond donors (Lipinski definition) is 3. The van der Waals surface area contributed by atoms with Gasteiger partial charge >= 0.3 is 6.03 Å². The number of amides is 2. The predicted molar refractivity (Wildman–Crippen MR) is 154 cm³/mol. The third-order valence-corrected chi connectivity index (χ3v) is 6.33. The molecule has 0 spiro atoms. The summed E-state index contributed by atoms with van der Waals surface area (Å²) in [6.45, 7) is 1.55. The van der Waals surface area contributed by atoms with Crippen LogP contribution in [0.25, 0.3) is 10.9 Å². The lowest BCUT2D eigenvalue weighted by Gasteiger charge is -2.15. The van der Waals surface area contributed by atoms with Crippen molar-refractivity contribution in [1.82, 2.24) is 4.98 Å². The van der Waals surface area contributed by atoms with Gasteiger partial charge in [0.2, 0.25) is 5.88 Å². The number of ether oxygens (including phenoxy) is 2. The van der Waals surface area contributed by atoms with Gasteiger partial charge in [-0.2, -0.15) is 0 Å². The summed E-state index contributed by atoms with van der Waals surface area (Å²) in [5, 5.41) is 16.7. The third-order valence-electron chi connectivity index (χ3n) is 6.33. The summed E-state index contributed by atoms with van der Waals surface area (Å²) in [4.78, 5) is 17.4. The molecule has 0 saturated heterocycles. The van der Waals surface area contributed by atoms with E-state index >= 15 is 0 Å². The second-order valence-corrected chi connectivity index (χ2v) is 9.29. The molecule has 0 aliphatic heterocycles.